The molecule has 1 fully saturated rings. The molecule has 1 heterocycles. The van der Waals surface area contributed by atoms with E-state index in [9.17, 15) is 4.79 Å². The maximum atomic E-state index is 12.1. The Morgan fingerprint density at radius 1 is 1.37 bits per heavy atom. The summed E-state index contributed by atoms with van der Waals surface area (Å²) in [6.45, 7) is 6.44. The fourth-order valence-electron chi connectivity index (χ4n) is 2.32. The van der Waals surface area contributed by atoms with Crippen molar-refractivity contribution in [2.75, 3.05) is 25.4 Å². The number of nitrogen functional groups attached to an aromatic ring is 1. The Kier molecular flexibility index (Phi) is 4.43. The number of anilines is 1. The number of nitrogens with two attached hydrogens (primary N) is 1. The zero-order valence-corrected chi connectivity index (χ0v) is 11.7. The van der Waals surface area contributed by atoms with E-state index in [4.69, 9.17) is 10.5 Å². The van der Waals surface area contributed by atoms with Crippen molar-refractivity contribution in [3.63, 3.8) is 0 Å². The van der Waals surface area contributed by atoms with E-state index < -0.39 is 0 Å². The van der Waals surface area contributed by atoms with Crippen LogP contribution >= 0.6 is 0 Å². The van der Waals surface area contributed by atoms with Crippen LogP contribution in [0, 0.1) is 0 Å². The quantitative estimate of drug-likeness (QED) is 0.653. The molecule has 2 N–H and O–H groups in total. The minimum atomic E-state index is 0.0773. The first-order valence-electron chi connectivity index (χ1n) is 6.88. The smallest absolute Gasteiger partial charge is 0.176 e. The number of ether oxygens (including phenoxy) is 1. The zero-order chi connectivity index (χ0) is 13.8. The van der Waals surface area contributed by atoms with Crippen molar-refractivity contribution >= 4 is 11.5 Å². The predicted molar refractivity (Wildman–Crippen MR) is 76.6 cm³/mol. The number of rotatable bonds is 5. The Morgan fingerprint density at radius 3 is 2.63 bits per heavy atom. The summed E-state index contributed by atoms with van der Waals surface area (Å²) in [5.41, 5.74) is 7.12. The van der Waals surface area contributed by atoms with Gasteiger partial charge in [-0.25, -0.2) is 0 Å². The van der Waals surface area contributed by atoms with Crippen molar-refractivity contribution in [2.24, 2.45) is 0 Å². The van der Waals surface area contributed by atoms with Crippen molar-refractivity contribution in [1.29, 1.82) is 0 Å². The molecule has 0 spiro atoms. The number of likely N-dealkylation sites (tertiary alicyclic amines) is 1. The van der Waals surface area contributed by atoms with Gasteiger partial charge in [-0.3, -0.25) is 9.69 Å². The van der Waals surface area contributed by atoms with Crippen LogP contribution in [0.3, 0.4) is 0 Å². The summed E-state index contributed by atoms with van der Waals surface area (Å²) >= 11 is 0. The third-order valence-corrected chi connectivity index (χ3v) is 3.26. The number of Topliss-reactive ketones (excluding diaryl/α,β-unsaturated/α-hetero) is 1. The van der Waals surface area contributed by atoms with E-state index >= 15 is 0 Å². The molecule has 0 radical (unpaired) electrons. The maximum absolute atomic E-state index is 12.1. The Morgan fingerprint density at radius 2 is 2.05 bits per heavy atom. The lowest BCUT2D eigenvalue weighted by Crippen LogP contribution is -2.26. The average molecular weight is 262 g/mol. The lowest BCUT2D eigenvalue weighted by atomic mass is 10.1. The zero-order valence-electron chi connectivity index (χ0n) is 11.7. The van der Waals surface area contributed by atoms with Gasteiger partial charge >= 0.3 is 0 Å². The van der Waals surface area contributed by atoms with Gasteiger partial charge in [0.05, 0.1) is 18.3 Å². The molecule has 4 nitrogen and oxygen atoms in total. The van der Waals surface area contributed by atoms with Crippen LogP contribution in [0.25, 0.3) is 0 Å². The van der Waals surface area contributed by atoms with Crippen molar-refractivity contribution in [1.82, 2.24) is 4.90 Å². The molecule has 1 saturated heterocycles. The molecule has 0 unspecified atom stereocenters. The lowest BCUT2D eigenvalue weighted by Gasteiger charge is -2.15. The molecule has 0 aliphatic carbocycles. The Hall–Kier alpha value is -1.55. The maximum Gasteiger partial charge on any atom is 0.176 e. The van der Waals surface area contributed by atoms with E-state index in [0.717, 1.165) is 13.1 Å². The Balaban J connectivity index is 2.03. The topological polar surface area (TPSA) is 55.6 Å². The van der Waals surface area contributed by atoms with Gasteiger partial charge in [-0.1, -0.05) is 0 Å². The van der Waals surface area contributed by atoms with Crippen molar-refractivity contribution in [3.8, 4) is 5.75 Å². The first-order valence-corrected chi connectivity index (χ1v) is 6.88. The van der Waals surface area contributed by atoms with Gasteiger partial charge in [-0.2, -0.15) is 0 Å². The molecule has 0 saturated carbocycles. The van der Waals surface area contributed by atoms with Gasteiger partial charge in [0, 0.05) is 5.56 Å². The number of nitrogens with zero attached hydrogens (tertiary/aromatic N) is 1. The first-order chi connectivity index (χ1) is 9.06. The Labute approximate surface area is 114 Å². The second-order valence-electron chi connectivity index (χ2n) is 5.33. The summed E-state index contributed by atoms with van der Waals surface area (Å²) < 4.78 is 5.57. The molecular formula is C15H22N2O2. The van der Waals surface area contributed by atoms with Gasteiger partial charge in [-0.15, -0.1) is 0 Å². The van der Waals surface area contributed by atoms with Gasteiger partial charge in [0.25, 0.3) is 0 Å². The summed E-state index contributed by atoms with van der Waals surface area (Å²) in [5.74, 6) is 0.775. The van der Waals surface area contributed by atoms with Gasteiger partial charge in [0.2, 0.25) is 0 Å². The largest absolute Gasteiger partial charge is 0.489 e. The molecule has 1 aliphatic rings. The van der Waals surface area contributed by atoms with Crippen LogP contribution in [0.4, 0.5) is 5.69 Å². The number of carbonyl (C=O) groups is 1. The average Bonchev–Trinajstić information content (AvgIpc) is 2.84. The van der Waals surface area contributed by atoms with Crippen LogP contribution in [0.2, 0.25) is 0 Å². The molecule has 19 heavy (non-hydrogen) atoms. The highest BCUT2D eigenvalue weighted by Gasteiger charge is 2.17. The van der Waals surface area contributed by atoms with Gasteiger partial charge in [0.1, 0.15) is 5.75 Å². The molecule has 1 aromatic carbocycles. The van der Waals surface area contributed by atoms with E-state index in [2.05, 4.69) is 4.90 Å². The molecular weight excluding hydrogens is 240 g/mol. The van der Waals surface area contributed by atoms with Crippen LogP contribution in [0.15, 0.2) is 18.2 Å². The van der Waals surface area contributed by atoms with E-state index in [-0.39, 0.29) is 11.9 Å². The number of hydrogen-bond donors (Lipinski definition) is 1. The highest BCUT2D eigenvalue weighted by Crippen LogP contribution is 2.24. The van der Waals surface area contributed by atoms with E-state index in [1.807, 2.05) is 13.8 Å². The molecule has 0 aromatic heterocycles. The summed E-state index contributed by atoms with van der Waals surface area (Å²) in [6, 6.07) is 5.30. The van der Waals surface area contributed by atoms with E-state index in [0.29, 0.717) is 23.5 Å². The number of benzene rings is 1. The molecule has 0 amide bonds. The third-order valence-electron chi connectivity index (χ3n) is 3.26. The fraction of sp³-hybridized carbons (Fsp3) is 0.533. The monoisotopic (exact) mass is 262 g/mol. The van der Waals surface area contributed by atoms with Gasteiger partial charge in [-0.05, 0) is 58.0 Å². The van der Waals surface area contributed by atoms with Crippen molar-refractivity contribution in [3.05, 3.63) is 23.8 Å². The highest BCUT2D eigenvalue weighted by atomic mass is 16.5. The fourth-order valence-corrected chi connectivity index (χ4v) is 2.32. The minimum absolute atomic E-state index is 0.0773. The second kappa shape index (κ2) is 6.06. The highest BCUT2D eigenvalue weighted by molar-refractivity contribution is 5.98. The normalized spacial score (nSPS) is 15.9. The molecule has 4 heteroatoms. The Bertz CT molecular complexity index is 451. The van der Waals surface area contributed by atoms with Gasteiger partial charge in [0.15, 0.2) is 5.78 Å². The molecule has 1 aliphatic heterocycles. The van der Waals surface area contributed by atoms with Crippen LogP contribution in [0.5, 0.6) is 5.75 Å². The predicted octanol–water partition coefficient (Wildman–Crippen LogP) is 2.33. The lowest BCUT2D eigenvalue weighted by molar-refractivity contribution is 0.0945. The molecule has 0 atom stereocenters. The minimum Gasteiger partial charge on any atom is -0.489 e. The third kappa shape index (κ3) is 3.70. The second-order valence-corrected chi connectivity index (χ2v) is 5.33. The summed E-state index contributed by atoms with van der Waals surface area (Å²) in [5, 5.41) is 0. The number of hydrogen-bond acceptors (Lipinski definition) is 4. The van der Waals surface area contributed by atoms with Crippen LogP contribution in [0.1, 0.15) is 37.0 Å². The molecule has 1 aromatic rings. The summed E-state index contributed by atoms with van der Waals surface area (Å²) in [7, 11) is 0. The van der Waals surface area contributed by atoms with Crippen molar-refractivity contribution < 1.29 is 9.53 Å². The summed E-state index contributed by atoms with van der Waals surface area (Å²) in [6.07, 6.45) is 2.46. The number of carbonyl (C=O) groups excluding carboxylic acids is 1. The molecule has 0 bridgehead atoms. The van der Waals surface area contributed by atoms with E-state index in [1.165, 1.54) is 12.8 Å². The van der Waals surface area contributed by atoms with Crippen LogP contribution in [-0.4, -0.2) is 36.4 Å². The SMILES string of the molecule is CC(C)Oc1ccc(C(=O)CN2CCCC2)cc1N. The van der Waals surface area contributed by atoms with Crippen LogP contribution in [-0.2, 0) is 0 Å². The number of ketones is 1. The molecule has 2 rings (SSSR count). The van der Waals surface area contributed by atoms with Crippen LogP contribution < -0.4 is 10.5 Å². The van der Waals surface area contributed by atoms with Gasteiger partial charge < -0.3 is 10.5 Å². The molecule has 104 valence electrons. The van der Waals surface area contributed by atoms with E-state index in [1.54, 1.807) is 18.2 Å². The standard InChI is InChI=1S/C15H22N2O2/c1-11(2)19-15-6-5-12(9-13(15)16)14(18)10-17-7-3-4-8-17/h5-6,9,11H,3-4,7-8,10,16H2,1-2H3. The first kappa shape index (κ1) is 13.9. The summed E-state index contributed by atoms with van der Waals surface area (Å²) in [4.78, 5) is 14.3. The van der Waals surface area contributed by atoms with Crippen molar-refractivity contribution in [2.45, 2.75) is 32.8 Å².